The third-order valence-electron chi connectivity index (χ3n) is 4.53. The number of halogens is 1. The van der Waals surface area contributed by atoms with Crippen molar-refractivity contribution in [3.05, 3.63) is 64.7 Å². The van der Waals surface area contributed by atoms with E-state index in [0.717, 1.165) is 22.7 Å². The normalized spacial score (nSPS) is 16.8. The molecule has 1 aliphatic heterocycles. The summed E-state index contributed by atoms with van der Waals surface area (Å²) in [5.74, 6) is 2.56. The molecule has 2 aromatic rings. The highest BCUT2D eigenvalue weighted by Crippen LogP contribution is 2.25. The van der Waals surface area contributed by atoms with E-state index in [2.05, 4.69) is 59.2 Å². The summed E-state index contributed by atoms with van der Waals surface area (Å²) >= 11 is 8.35. The number of rotatable bonds is 6. The Morgan fingerprint density at radius 1 is 1.08 bits per heavy atom. The summed E-state index contributed by atoms with van der Waals surface area (Å²) in [6.07, 6.45) is 1.13. The highest BCUT2D eigenvalue weighted by molar-refractivity contribution is 7.99. The lowest BCUT2D eigenvalue weighted by Crippen LogP contribution is -2.34. The molecule has 1 saturated heterocycles. The number of hydrogen-bond acceptors (Lipinski definition) is 3. The molecule has 1 heterocycles. The summed E-state index contributed by atoms with van der Waals surface area (Å²) in [5.41, 5.74) is 3.68. The molecule has 1 fully saturated rings. The first-order valence-corrected chi connectivity index (χ1v) is 10.2. The van der Waals surface area contributed by atoms with Crippen LogP contribution in [0.15, 0.2) is 48.5 Å². The molecule has 1 unspecified atom stereocenters. The van der Waals surface area contributed by atoms with Gasteiger partial charge < -0.3 is 10.2 Å². The Labute approximate surface area is 154 Å². The van der Waals surface area contributed by atoms with Crippen molar-refractivity contribution in [1.82, 2.24) is 4.90 Å². The zero-order chi connectivity index (χ0) is 16.8. The summed E-state index contributed by atoms with van der Waals surface area (Å²) in [5, 5.41) is 4.35. The molecule has 0 aromatic heterocycles. The highest BCUT2D eigenvalue weighted by Gasteiger charge is 2.11. The topological polar surface area (TPSA) is 15.3 Å². The van der Waals surface area contributed by atoms with Gasteiger partial charge in [0.25, 0.3) is 0 Å². The minimum absolute atomic E-state index is 0.190. The molecular formula is C20H25ClN2S. The summed E-state index contributed by atoms with van der Waals surface area (Å²) in [4.78, 5) is 2.57. The van der Waals surface area contributed by atoms with Crippen LogP contribution in [0.2, 0.25) is 5.02 Å². The lowest BCUT2D eigenvalue weighted by Gasteiger charge is -2.26. The van der Waals surface area contributed by atoms with Gasteiger partial charge in [-0.1, -0.05) is 41.9 Å². The minimum atomic E-state index is 0.190. The Bertz CT molecular complexity index is 638. The number of thioether (sulfide) groups is 1. The summed E-state index contributed by atoms with van der Waals surface area (Å²) in [7, 11) is 0. The second kappa shape index (κ2) is 8.80. The van der Waals surface area contributed by atoms with Crippen LogP contribution in [0.4, 0.5) is 5.69 Å². The van der Waals surface area contributed by atoms with Crippen molar-refractivity contribution in [2.75, 3.05) is 36.5 Å². The van der Waals surface area contributed by atoms with Crippen LogP contribution in [0.3, 0.4) is 0 Å². The molecule has 0 amide bonds. The largest absolute Gasteiger partial charge is 0.378 e. The first-order chi connectivity index (χ1) is 11.7. The first kappa shape index (κ1) is 17.7. The Balaban J connectivity index is 1.53. The second-order valence-electron chi connectivity index (χ2n) is 6.29. The quantitative estimate of drug-likeness (QED) is 0.771. The summed E-state index contributed by atoms with van der Waals surface area (Å²) in [6, 6.07) is 17.0. The van der Waals surface area contributed by atoms with E-state index < -0.39 is 0 Å². The maximum atomic E-state index is 6.28. The molecular weight excluding hydrogens is 336 g/mol. The fourth-order valence-electron chi connectivity index (χ4n) is 3.03. The van der Waals surface area contributed by atoms with Gasteiger partial charge in [0.05, 0.1) is 0 Å². The molecule has 0 radical (unpaired) electrons. The molecule has 4 heteroatoms. The van der Waals surface area contributed by atoms with Gasteiger partial charge in [0.15, 0.2) is 0 Å². The number of nitrogens with one attached hydrogen (secondary N) is 1. The summed E-state index contributed by atoms with van der Waals surface area (Å²) < 4.78 is 0. The predicted molar refractivity (Wildman–Crippen MR) is 107 cm³/mol. The van der Waals surface area contributed by atoms with E-state index in [1.807, 2.05) is 18.2 Å². The van der Waals surface area contributed by atoms with Crippen molar-refractivity contribution in [1.29, 1.82) is 0 Å². The molecule has 0 aliphatic carbocycles. The van der Waals surface area contributed by atoms with E-state index in [4.69, 9.17) is 11.6 Å². The Morgan fingerprint density at radius 3 is 2.50 bits per heavy atom. The van der Waals surface area contributed by atoms with Crippen molar-refractivity contribution in [2.24, 2.45) is 0 Å². The van der Waals surface area contributed by atoms with Gasteiger partial charge in [-0.3, -0.25) is 0 Å². The van der Waals surface area contributed by atoms with Gasteiger partial charge >= 0.3 is 0 Å². The van der Waals surface area contributed by atoms with Gasteiger partial charge in [-0.15, -0.1) is 0 Å². The number of anilines is 1. The molecule has 1 N–H and O–H groups in total. The third-order valence-corrected chi connectivity index (χ3v) is 5.82. The maximum absolute atomic E-state index is 6.28. The molecule has 1 aliphatic rings. The molecule has 1 atom stereocenters. The van der Waals surface area contributed by atoms with E-state index in [1.165, 1.54) is 36.7 Å². The molecule has 2 nitrogen and oxygen atoms in total. The zero-order valence-corrected chi connectivity index (χ0v) is 15.7. The van der Waals surface area contributed by atoms with E-state index in [-0.39, 0.29) is 6.04 Å². The molecule has 0 saturated carbocycles. The van der Waals surface area contributed by atoms with E-state index in [0.29, 0.717) is 0 Å². The molecule has 24 heavy (non-hydrogen) atoms. The first-order valence-electron chi connectivity index (χ1n) is 8.62. The Morgan fingerprint density at radius 2 is 1.79 bits per heavy atom. The average molecular weight is 361 g/mol. The minimum Gasteiger partial charge on any atom is -0.378 e. The fourth-order valence-corrected chi connectivity index (χ4v) is 4.31. The highest BCUT2D eigenvalue weighted by atomic mass is 35.5. The van der Waals surface area contributed by atoms with Gasteiger partial charge in [0.2, 0.25) is 0 Å². The van der Waals surface area contributed by atoms with Gasteiger partial charge in [-0.05, 0) is 42.7 Å². The van der Waals surface area contributed by atoms with Crippen LogP contribution in [0.5, 0.6) is 0 Å². The van der Waals surface area contributed by atoms with Crippen LogP contribution in [0.1, 0.15) is 24.1 Å². The molecule has 0 spiro atoms. The standard InChI is InChI=1S/C20H25ClN2S/c1-16(19-4-2-3-5-20(19)21)22-18-8-6-17(7-9-18)10-11-23-12-14-24-15-13-23/h2-9,16,22H,10-15H2,1H3. The smallest absolute Gasteiger partial charge is 0.0500 e. The lowest BCUT2D eigenvalue weighted by molar-refractivity contribution is 0.306. The van der Waals surface area contributed by atoms with Crippen molar-refractivity contribution >= 4 is 29.1 Å². The monoisotopic (exact) mass is 360 g/mol. The van der Waals surface area contributed by atoms with E-state index >= 15 is 0 Å². The van der Waals surface area contributed by atoms with Crippen molar-refractivity contribution < 1.29 is 0 Å². The molecule has 128 valence electrons. The average Bonchev–Trinajstić information content (AvgIpc) is 2.62. The van der Waals surface area contributed by atoms with Crippen LogP contribution in [0.25, 0.3) is 0 Å². The van der Waals surface area contributed by atoms with Gasteiger partial charge in [-0.25, -0.2) is 0 Å². The third kappa shape index (κ3) is 4.92. The van der Waals surface area contributed by atoms with Crippen LogP contribution in [0, 0.1) is 0 Å². The SMILES string of the molecule is CC(Nc1ccc(CCN2CCSCC2)cc1)c1ccccc1Cl. The molecule has 0 bridgehead atoms. The van der Waals surface area contributed by atoms with E-state index in [9.17, 15) is 0 Å². The maximum Gasteiger partial charge on any atom is 0.0500 e. The van der Waals surface area contributed by atoms with E-state index in [1.54, 1.807) is 0 Å². The second-order valence-corrected chi connectivity index (χ2v) is 7.92. The van der Waals surface area contributed by atoms with Gasteiger partial charge in [0.1, 0.15) is 0 Å². The van der Waals surface area contributed by atoms with Crippen molar-refractivity contribution in [3.63, 3.8) is 0 Å². The predicted octanol–water partition coefficient (Wildman–Crippen LogP) is 5.10. The number of nitrogens with zero attached hydrogens (tertiary/aromatic N) is 1. The van der Waals surface area contributed by atoms with Crippen LogP contribution in [-0.2, 0) is 6.42 Å². The fraction of sp³-hybridized carbons (Fsp3) is 0.400. The van der Waals surface area contributed by atoms with Gasteiger partial charge in [-0.2, -0.15) is 11.8 Å². The molecule has 2 aromatic carbocycles. The summed E-state index contributed by atoms with van der Waals surface area (Å²) in [6.45, 7) is 5.78. The Kier molecular flexibility index (Phi) is 6.47. The van der Waals surface area contributed by atoms with Crippen LogP contribution < -0.4 is 5.32 Å². The van der Waals surface area contributed by atoms with Crippen molar-refractivity contribution in [3.8, 4) is 0 Å². The van der Waals surface area contributed by atoms with Gasteiger partial charge in [0, 0.05) is 47.9 Å². The number of hydrogen-bond donors (Lipinski definition) is 1. The molecule has 3 rings (SSSR count). The van der Waals surface area contributed by atoms with Crippen LogP contribution >= 0.6 is 23.4 Å². The zero-order valence-electron chi connectivity index (χ0n) is 14.2. The van der Waals surface area contributed by atoms with Crippen LogP contribution in [-0.4, -0.2) is 36.0 Å². The lowest BCUT2D eigenvalue weighted by atomic mass is 10.1. The van der Waals surface area contributed by atoms with Crippen molar-refractivity contribution in [2.45, 2.75) is 19.4 Å². The Hall–Kier alpha value is -1.16. The number of benzene rings is 2.